The molecule has 0 bridgehead atoms. The van der Waals surface area contributed by atoms with Crippen molar-refractivity contribution in [3.05, 3.63) is 35.8 Å². The van der Waals surface area contributed by atoms with Gasteiger partial charge in [0.05, 0.1) is 17.7 Å². The van der Waals surface area contributed by atoms with E-state index in [0.29, 0.717) is 18.5 Å². The van der Waals surface area contributed by atoms with Gasteiger partial charge in [0, 0.05) is 24.2 Å². The predicted molar refractivity (Wildman–Crippen MR) is 143 cm³/mol. The SMILES string of the molecule is CN[C@@H](C)C(=O)N[C@H](C(=O)N1CCC[C@H]1Cc1cn(C2O[C@@H](C)[C@@H](O)[C@@H](O)[C@@H]2O)c2cc(F)ccc12)C(C)C. The Morgan fingerprint density at radius 1 is 1.15 bits per heavy atom. The van der Waals surface area contributed by atoms with Gasteiger partial charge in [0.15, 0.2) is 6.23 Å². The number of aromatic nitrogens is 1. The molecule has 0 spiro atoms. The molecule has 39 heavy (non-hydrogen) atoms. The van der Waals surface area contributed by atoms with Gasteiger partial charge in [-0.25, -0.2) is 4.39 Å². The maximum Gasteiger partial charge on any atom is 0.245 e. The molecular formula is C28H41FN4O6. The van der Waals surface area contributed by atoms with E-state index in [1.165, 1.54) is 12.1 Å². The molecule has 2 amide bonds. The Morgan fingerprint density at radius 2 is 1.87 bits per heavy atom. The molecule has 0 radical (unpaired) electrons. The summed E-state index contributed by atoms with van der Waals surface area (Å²) in [7, 11) is 1.69. The Bertz CT molecular complexity index is 1190. The number of nitrogens with zero attached hydrogens (tertiary/aromatic N) is 2. The maximum absolute atomic E-state index is 14.3. The number of hydrogen-bond acceptors (Lipinski definition) is 7. The molecule has 3 heterocycles. The van der Waals surface area contributed by atoms with Crippen LogP contribution in [0.1, 0.15) is 52.3 Å². The van der Waals surface area contributed by atoms with E-state index in [9.17, 15) is 29.3 Å². The molecule has 1 aromatic heterocycles. The second-order valence-electron chi connectivity index (χ2n) is 11.2. The Kier molecular flexibility index (Phi) is 8.97. The maximum atomic E-state index is 14.3. The standard InChI is InChI=1S/C28H41FN4O6/c1-14(2)22(31-26(37)15(3)30-5)27(38)32-10-6-7-19(32)11-17-13-33(21-12-18(29)8-9-20(17)21)28-25(36)24(35)23(34)16(4)39-28/h8-9,12-16,19,22-25,28,30,34-36H,6-7,10-11H2,1-5H3,(H,31,37)/t15-,16-,19-,22-,23+,24+,25-,28?/m0/s1. The number of aliphatic hydroxyl groups is 3. The summed E-state index contributed by atoms with van der Waals surface area (Å²) in [5.74, 6) is -0.935. The Labute approximate surface area is 228 Å². The number of aliphatic hydroxyl groups excluding tert-OH is 3. The van der Waals surface area contributed by atoms with Crippen LogP contribution in [0.4, 0.5) is 4.39 Å². The molecule has 0 aliphatic carbocycles. The lowest BCUT2D eigenvalue weighted by atomic mass is 9.99. The van der Waals surface area contributed by atoms with Gasteiger partial charge in [-0.1, -0.05) is 13.8 Å². The predicted octanol–water partition coefficient (Wildman–Crippen LogP) is 1.06. The summed E-state index contributed by atoms with van der Waals surface area (Å²) in [5.41, 5.74) is 1.32. The van der Waals surface area contributed by atoms with E-state index in [4.69, 9.17) is 4.74 Å². The number of benzene rings is 1. The third-order valence-electron chi connectivity index (χ3n) is 8.15. The van der Waals surface area contributed by atoms with Gasteiger partial charge in [0.2, 0.25) is 11.8 Å². The number of carbonyl (C=O) groups excluding carboxylic acids is 2. The van der Waals surface area contributed by atoms with Crippen LogP contribution in [-0.2, 0) is 20.7 Å². The van der Waals surface area contributed by atoms with Gasteiger partial charge in [-0.2, -0.15) is 0 Å². The fourth-order valence-corrected chi connectivity index (χ4v) is 5.62. The van der Waals surface area contributed by atoms with E-state index in [1.807, 2.05) is 18.7 Å². The number of hydrogen-bond donors (Lipinski definition) is 5. The molecule has 2 aromatic rings. The number of halogens is 1. The third-order valence-corrected chi connectivity index (χ3v) is 8.15. The van der Waals surface area contributed by atoms with Gasteiger partial charge in [-0.05, 0) is 69.8 Å². The van der Waals surface area contributed by atoms with Crippen LogP contribution in [0.2, 0.25) is 0 Å². The van der Waals surface area contributed by atoms with Crippen molar-refractivity contribution >= 4 is 22.7 Å². The lowest BCUT2D eigenvalue weighted by Crippen LogP contribution is -2.55. The average molecular weight is 549 g/mol. The second kappa shape index (κ2) is 11.9. The second-order valence-corrected chi connectivity index (χ2v) is 11.2. The van der Waals surface area contributed by atoms with Crippen molar-refractivity contribution in [1.82, 2.24) is 20.1 Å². The average Bonchev–Trinajstić information content (AvgIpc) is 3.51. The van der Waals surface area contributed by atoms with Crippen molar-refractivity contribution in [2.45, 2.75) is 95.7 Å². The minimum absolute atomic E-state index is 0.106. The van der Waals surface area contributed by atoms with E-state index in [1.54, 1.807) is 37.7 Å². The van der Waals surface area contributed by atoms with Crippen molar-refractivity contribution in [1.29, 1.82) is 0 Å². The van der Waals surface area contributed by atoms with Gasteiger partial charge in [0.1, 0.15) is 30.2 Å². The minimum atomic E-state index is -1.43. The van der Waals surface area contributed by atoms with Crippen LogP contribution in [0.15, 0.2) is 24.4 Å². The zero-order valence-electron chi connectivity index (χ0n) is 23.2. The smallest absolute Gasteiger partial charge is 0.245 e. The first-order chi connectivity index (χ1) is 18.4. The largest absolute Gasteiger partial charge is 0.388 e. The van der Waals surface area contributed by atoms with Crippen LogP contribution >= 0.6 is 0 Å². The number of ether oxygens (including phenoxy) is 1. The highest BCUT2D eigenvalue weighted by Crippen LogP contribution is 2.35. The van der Waals surface area contributed by atoms with Crippen molar-refractivity contribution in [3.8, 4) is 0 Å². The molecular weight excluding hydrogens is 507 g/mol. The molecule has 2 saturated heterocycles. The van der Waals surface area contributed by atoms with Crippen LogP contribution < -0.4 is 10.6 Å². The molecule has 4 rings (SSSR count). The van der Waals surface area contributed by atoms with Gasteiger partial charge < -0.3 is 40.2 Å². The number of likely N-dealkylation sites (N-methyl/N-ethyl adjacent to an activating group) is 1. The highest BCUT2D eigenvalue weighted by atomic mass is 19.1. The zero-order chi connectivity index (χ0) is 28.6. The molecule has 10 nitrogen and oxygen atoms in total. The Morgan fingerprint density at radius 3 is 2.54 bits per heavy atom. The Hall–Kier alpha value is -2.57. The topological polar surface area (TPSA) is 136 Å². The van der Waals surface area contributed by atoms with Crippen molar-refractivity contribution in [2.24, 2.45) is 5.92 Å². The first-order valence-electron chi connectivity index (χ1n) is 13.7. The van der Waals surface area contributed by atoms with Gasteiger partial charge in [0.25, 0.3) is 0 Å². The quantitative estimate of drug-likeness (QED) is 0.333. The normalized spacial score (nSPS) is 29.1. The van der Waals surface area contributed by atoms with Gasteiger partial charge >= 0.3 is 0 Å². The number of likely N-dealkylation sites (tertiary alicyclic amines) is 1. The van der Waals surface area contributed by atoms with E-state index in [2.05, 4.69) is 10.6 Å². The van der Waals surface area contributed by atoms with Crippen LogP contribution in [0, 0.1) is 11.7 Å². The van der Waals surface area contributed by atoms with Gasteiger partial charge in [-0.3, -0.25) is 9.59 Å². The molecule has 1 aromatic carbocycles. The van der Waals surface area contributed by atoms with E-state index in [0.717, 1.165) is 23.8 Å². The van der Waals surface area contributed by atoms with Crippen molar-refractivity contribution in [2.75, 3.05) is 13.6 Å². The summed E-state index contributed by atoms with van der Waals surface area (Å²) in [6, 6.07) is 3.15. The first kappa shape index (κ1) is 29.4. The summed E-state index contributed by atoms with van der Waals surface area (Å²) >= 11 is 0. The van der Waals surface area contributed by atoms with Crippen LogP contribution in [0.3, 0.4) is 0 Å². The summed E-state index contributed by atoms with van der Waals surface area (Å²) in [5, 5.41) is 37.8. The number of amides is 2. The third kappa shape index (κ3) is 5.83. The molecule has 2 fully saturated rings. The zero-order valence-corrected chi connectivity index (χ0v) is 23.2. The van der Waals surface area contributed by atoms with Crippen LogP contribution in [0.25, 0.3) is 10.9 Å². The lowest BCUT2D eigenvalue weighted by Gasteiger charge is -2.40. The molecule has 2 aliphatic rings. The van der Waals surface area contributed by atoms with E-state index < -0.39 is 48.5 Å². The monoisotopic (exact) mass is 548 g/mol. The summed E-state index contributed by atoms with van der Waals surface area (Å²) in [6.07, 6.45) is -2.04. The molecule has 0 saturated carbocycles. The van der Waals surface area contributed by atoms with Gasteiger partial charge in [-0.15, -0.1) is 0 Å². The minimum Gasteiger partial charge on any atom is -0.388 e. The molecule has 11 heteroatoms. The lowest BCUT2D eigenvalue weighted by molar-refractivity contribution is -0.239. The van der Waals surface area contributed by atoms with E-state index in [-0.39, 0.29) is 23.8 Å². The van der Waals surface area contributed by atoms with E-state index >= 15 is 0 Å². The molecule has 8 atom stereocenters. The number of fused-ring (bicyclic) bond motifs is 1. The number of carbonyl (C=O) groups is 2. The fraction of sp³-hybridized carbons (Fsp3) is 0.643. The summed E-state index contributed by atoms with van der Waals surface area (Å²) in [4.78, 5) is 28.1. The van der Waals surface area contributed by atoms with Crippen LogP contribution in [-0.4, -0.2) is 92.7 Å². The molecule has 2 aliphatic heterocycles. The number of rotatable bonds is 8. The van der Waals surface area contributed by atoms with Crippen molar-refractivity contribution < 1.29 is 34.0 Å². The van der Waals surface area contributed by atoms with Crippen molar-refractivity contribution in [3.63, 3.8) is 0 Å². The first-order valence-corrected chi connectivity index (χ1v) is 13.7. The molecule has 1 unspecified atom stereocenters. The Balaban J connectivity index is 1.62. The molecule has 5 N–H and O–H groups in total. The summed E-state index contributed by atoms with van der Waals surface area (Å²) < 4.78 is 21.8. The highest BCUT2D eigenvalue weighted by Gasteiger charge is 2.43. The number of nitrogens with one attached hydrogen (secondary N) is 2. The van der Waals surface area contributed by atoms with Crippen LogP contribution in [0.5, 0.6) is 0 Å². The summed E-state index contributed by atoms with van der Waals surface area (Å²) in [6.45, 7) is 7.72. The fourth-order valence-electron chi connectivity index (χ4n) is 5.62. The molecule has 216 valence electrons. The highest BCUT2D eigenvalue weighted by molar-refractivity contribution is 5.90.